The molecular formula is C33H24BrCl2FN2O6. The highest BCUT2D eigenvalue weighted by Crippen LogP contribution is 2.67. The molecule has 45 heavy (non-hydrogen) atoms. The number of fused-ring (bicyclic) bond motifs is 4. The zero-order valence-corrected chi connectivity index (χ0v) is 26.6. The van der Waals surface area contributed by atoms with Gasteiger partial charge in [0.05, 0.1) is 30.3 Å². The first-order valence-electron chi connectivity index (χ1n) is 14.2. The molecule has 8 nitrogen and oxygen atoms in total. The van der Waals surface area contributed by atoms with Gasteiger partial charge in [0, 0.05) is 16.0 Å². The summed E-state index contributed by atoms with van der Waals surface area (Å²) in [6, 6.07) is 16.4. The van der Waals surface area contributed by atoms with E-state index in [2.05, 4.69) is 15.9 Å². The highest BCUT2D eigenvalue weighted by atomic mass is 79.9. The average molecular weight is 714 g/mol. The fraction of sp³-hybridized carbons (Fsp3) is 0.273. The number of amides is 4. The van der Waals surface area contributed by atoms with Crippen LogP contribution in [0.3, 0.4) is 0 Å². The van der Waals surface area contributed by atoms with Crippen LogP contribution < -0.4 is 14.5 Å². The lowest BCUT2D eigenvalue weighted by molar-refractivity contribution is -0.125. The van der Waals surface area contributed by atoms with E-state index < -0.39 is 57.0 Å². The summed E-state index contributed by atoms with van der Waals surface area (Å²) >= 11 is 18.2. The lowest BCUT2D eigenvalue weighted by Gasteiger charge is -2.50. The molecule has 0 radical (unpaired) electrons. The summed E-state index contributed by atoms with van der Waals surface area (Å²) in [5, 5.41) is 11.5. The van der Waals surface area contributed by atoms with Crippen molar-refractivity contribution in [1.29, 1.82) is 0 Å². The molecule has 1 saturated carbocycles. The fourth-order valence-electron chi connectivity index (χ4n) is 7.55. The molecule has 4 amide bonds. The van der Waals surface area contributed by atoms with Gasteiger partial charge in [0.25, 0.3) is 11.8 Å². The third-order valence-electron chi connectivity index (χ3n) is 9.51. The van der Waals surface area contributed by atoms with Gasteiger partial charge in [-0.15, -0.1) is 23.2 Å². The Morgan fingerprint density at radius 1 is 0.911 bits per heavy atom. The van der Waals surface area contributed by atoms with Crippen LogP contribution >= 0.6 is 39.1 Å². The summed E-state index contributed by atoms with van der Waals surface area (Å²) < 4.78 is 19.7. The molecule has 230 valence electrons. The number of benzene rings is 3. The predicted molar refractivity (Wildman–Crippen MR) is 168 cm³/mol. The van der Waals surface area contributed by atoms with Crippen molar-refractivity contribution in [2.75, 3.05) is 16.9 Å². The van der Waals surface area contributed by atoms with E-state index in [-0.39, 0.29) is 41.5 Å². The van der Waals surface area contributed by atoms with Gasteiger partial charge in [0.2, 0.25) is 11.8 Å². The number of phenolic OH excluding ortho intramolecular Hbond substituents is 1. The minimum absolute atomic E-state index is 0.0628. The van der Waals surface area contributed by atoms with Gasteiger partial charge >= 0.3 is 0 Å². The van der Waals surface area contributed by atoms with Crippen molar-refractivity contribution in [3.05, 3.63) is 94.2 Å². The second-order valence-corrected chi connectivity index (χ2v) is 13.8. The number of alkyl halides is 2. The number of carbonyl (C=O) groups excluding carboxylic acids is 4. The normalized spacial score (nSPS) is 30.6. The first-order chi connectivity index (χ1) is 21.4. The third kappa shape index (κ3) is 4.01. The SMILES string of the molecule is COc1cc(Br)cc([C@H]2C3=CC[C@@H]4C(=O)N(c5ccccc5)C(=O)[C@@H]4[C@@H]3C[C@@]3(Cl)C(=O)N(c4ccc(F)cc4)C(=O)[C@@]23Cl)c1O. The van der Waals surface area contributed by atoms with Crippen molar-refractivity contribution < 1.29 is 33.4 Å². The maximum absolute atomic E-state index is 14.5. The van der Waals surface area contributed by atoms with Gasteiger partial charge in [0.1, 0.15) is 5.82 Å². The fourth-order valence-corrected chi connectivity index (χ4v) is 8.93. The molecule has 12 heteroatoms. The van der Waals surface area contributed by atoms with Crippen LogP contribution in [0.25, 0.3) is 0 Å². The summed E-state index contributed by atoms with van der Waals surface area (Å²) in [7, 11) is 1.36. The number of allylic oxidation sites excluding steroid dienone is 2. The Balaban J connectivity index is 1.44. The van der Waals surface area contributed by atoms with Gasteiger partial charge in [-0.05, 0) is 67.3 Å². The number of phenols is 1. The molecule has 1 N–H and O–H groups in total. The molecule has 2 aliphatic carbocycles. The van der Waals surface area contributed by atoms with Gasteiger partial charge < -0.3 is 9.84 Å². The van der Waals surface area contributed by atoms with E-state index in [0.29, 0.717) is 15.7 Å². The van der Waals surface area contributed by atoms with Crippen molar-refractivity contribution in [3.8, 4) is 11.5 Å². The van der Waals surface area contributed by atoms with E-state index in [9.17, 15) is 28.7 Å². The number of halogens is 4. The molecule has 0 spiro atoms. The largest absolute Gasteiger partial charge is 0.504 e. The Morgan fingerprint density at radius 2 is 1.58 bits per heavy atom. The average Bonchev–Trinajstić information content (AvgIpc) is 3.37. The molecule has 3 aromatic rings. The van der Waals surface area contributed by atoms with Crippen LogP contribution in [-0.4, -0.2) is 45.6 Å². The van der Waals surface area contributed by atoms with Crippen LogP contribution in [0.2, 0.25) is 0 Å². The second-order valence-electron chi connectivity index (χ2n) is 11.6. The molecule has 0 unspecified atom stereocenters. The Labute approximate surface area is 275 Å². The number of methoxy groups -OCH3 is 1. The number of imide groups is 2. The van der Waals surface area contributed by atoms with Crippen LogP contribution in [0, 0.1) is 23.6 Å². The summed E-state index contributed by atoms with van der Waals surface area (Å²) in [5.41, 5.74) is 1.14. The monoisotopic (exact) mass is 712 g/mol. The van der Waals surface area contributed by atoms with E-state index in [1.807, 2.05) is 0 Å². The molecule has 6 atom stereocenters. The topological polar surface area (TPSA) is 104 Å². The van der Waals surface area contributed by atoms with E-state index >= 15 is 0 Å². The summed E-state index contributed by atoms with van der Waals surface area (Å²) in [4.78, 5) is 54.3. The van der Waals surface area contributed by atoms with Gasteiger partial charge in [0.15, 0.2) is 21.2 Å². The summed E-state index contributed by atoms with van der Waals surface area (Å²) in [6.07, 6.45) is 1.71. The van der Waals surface area contributed by atoms with Crippen molar-refractivity contribution in [1.82, 2.24) is 0 Å². The number of aromatic hydroxyl groups is 1. The standard InChI is InChI=1S/C33H24BrCl2FN2O6/c1-45-24-14-16(34)13-22(27(24)40)26-20-11-12-21-25(29(42)38(28(21)41)18-5-3-2-4-6-18)23(20)15-32(35)30(43)39(31(44)33(26,32)36)19-9-7-17(37)8-10-19/h2-11,13-14,21,23,25-26,40H,12,15H2,1H3/t21-,23+,25-,26+,32+,33-/m0/s1. The molecule has 7 rings (SSSR count). The number of ether oxygens (including phenoxy) is 1. The van der Waals surface area contributed by atoms with Crippen LogP contribution in [0.4, 0.5) is 15.8 Å². The number of para-hydroxylation sites is 1. The zero-order valence-electron chi connectivity index (χ0n) is 23.5. The molecule has 0 aromatic heterocycles. The lowest BCUT2D eigenvalue weighted by atomic mass is 9.56. The Kier molecular flexibility index (Phi) is 6.92. The number of rotatable bonds is 4. The number of hydrogen-bond acceptors (Lipinski definition) is 6. The minimum atomic E-state index is -2.19. The van der Waals surface area contributed by atoms with Crippen molar-refractivity contribution in [2.45, 2.75) is 28.5 Å². The molecule has 2 saturated heterocycles. The van der Waals surface area contributed by atoms with Crippen molar-refractivity contribution in [3.63, 3.8) is 0 Å². The predicted octanol–water partition coefficient (Wildman–Crippen LogP) is 6.07. The first kappa shape index (κ1) is 30.0. The molecule has 3 fully saturated rings. The highest BCUT2D eigenvalue weighted by molar-refractivity contribution is 9.10. The van der Waals surface area contributed by atoms with Crippen LogP contribution in [0.5, 0.6) is 11.5 Å². The lowest BCUT2D eigenvalue weighted by Crippen LogP contribution is -2.60. The van der Waals surface area contributed by atoms with Gasteiger partial charge in [-0.2, -0.15) is 0 Å². The minimum Gasteiger partial charge on any atom is -0.504 e. The smallest absolute Gasteiger partial charge is 0.258 e. The quantitative estimate of drug-likeness (QED) is 0.200. The van der Waals surface area contributed by atoms with E-state index in [4.69, 9.17) is 27.9 Å². The highest BCUT2D eigenvalue weighted by Gasteiger charge is 2.77. The number of anilines is 2. The number of nitrogens with zero attached hydrogens (tertiary/aromatic N) is 2. The first-order valence-corrected chi connectivity index (χ1v) is 15.7. The van der Waals surface area contributed by atoms with Crippen LogP contribution in [0.15, 0.2) is 82.9 Å². The van der Waals surface area contributed by atoms with Crippen molar-refractivity contribution >= 4 is 74.1 Å². The van der Waals surface area contributed by atoms with Gasteiger partial charge in [-0.25, -0.2) is 9.29 Å². The molecule has 3 aromatic carbocycles. The molecule has 4 aliphatic rings. The van der Waals surface area contributed by atoms with E-state index in [1.165, 1.54) is 25.3 Å². The second kappa shape index (κ2) is 10.4. The Morgan fingerprint density at radius 3 is 2.24 bits per heavy atom. The summed E-state index contributed by atoms with van der Waals surface area (Å²) in [5.74, 6) is -7.01. The molecule has 2 aliphatic heterocycles. The Hall–Kier alpha value is -3.73. The van der Waals surface area contributed by atoms with Crippen LogP contribution in [-0.2, 0) is 19.2 Å². The maximum Gasteiger partial charge on any atom is 0.258 e. The third-order valence-corrected chi connectivity index (χ3v) is 11.4. The molecule has 2 heterocycles. The van der Waals surface area contributed by atoms with E-state index in [0.717, 1.165) is 21.9 Å². The number of hydrogen-bond donors (Lipinski definition) is 1. The van der Waals surface area contributed by atoms with Gasteiger partial charge in [-0.3, -0.25) is 24.1 Å². The zero-order chi connectivity index (χ0) is 32.0. The van der Waals surface area contributed by atoms with Crippen LogP contribution in [0.1, 0.15) is 24.3 Å². The Bertz CT molecular complexity index is 1840. The molecule has 0 bridgehead atoms. The van der Waals surface area contributed by atoms with E-state index in [1.54, 1.807) is 42.5 Å². The van der Waals surface area contributed by atoms with Crippen molar-refractivity contribution in [2.24, 2.45) is 17.8 Å². The summed E-state index contributed by atoms with van der Waals surface area (Å²) in [6.45, 7) is 0. The van der Waals surface area contributed by atoms with Gasteiger partial charge in [-0.1, -0.05) is 45.8 Å². The maximum atomic E-state index is 14.5. The number of carbonyl (C=O) groups is 4. The molecular weight excluding hydrogens is 690 g/mol.